The maximum absolute atomic E-state index is 11.9. The van der Waals surface area contributed by atoms with Crippen molar-refractivity contribution >= 4 is 0 Å². The van der Waals surface area contributed by atoms with Crippen molar-refractivity contribution in [2.75, 3.05) is 0 Å². The third-order valence-corrected chi connectivity index (χ3v) is 1.88. The molecular weight excluding hydrogens is 193 g/mol. The summed E-state index contributed by atoms with van der Waals surface area (Å²) in [6.45, 7) is 3.81. The van der Waals surface area contributed by atoms with Crippen LogP contribution in [0.5, 0.6) is 0 Å². The number of alkyl halides is 3. The molecule has 1 rings (SSSR count). The number of hydrogen-bond acceptors (Lipinski definition) is 1. The summed E-state index contributed by atoms with van der Waals surface area (Å²) < 4.78 is 36.9. The van der Waals surface area contributed by atoms with Crippen LogP contribution in [0.2, 0.25) is 0 Å². The van der Waals surface area contributed by atoms with Crippen LogP contribution in [-0.2, 0) is 6.54 Å². The largest absolute Gasteiger partial charge is 0.390 e. The Balaban J connectivity index is 2.52. The lowest BCUT2D eigenvalue weighted by molar-refractivity contribution is -0.137. The quantitative estimate of drug-likeness (QED) is 0.743. The molecule has 0 unspecified atom stereocenters. The first-order valence-electron chi connectivity index (χ1n) is 4.48. The lowest BCUT2D eigenvalue weighted by atomic mass is 10.1. The maximum Gasteiger partial charge on any atom is 0.390 e. The van der Waals surface area contributed by atoms with Crippen LogP contribution in [0.25, 0.3) is 0 Å². The molecule has 0 spiro atoms. The molecule has 14 heavy (non-hydrogen) atoms. The molecule has 0 saturated carbocycles. The van der Waals surface area contributed by atoms with Crippen LogP contribution in [0.15, 0.2) is 12.3 Å². The van der Waals surface area contributed by atoms with E-state index in [0.29, 0.717) is 0 Å². The van der Waals surface area contributed by atoms with Gasteiger partial charge in [0.2, 0.25) is 0 Å². The molecule has 80 valence electrons. The number of halogens is 3. The lowest BCUT2D eigenvalue weighted by Crippen LogP contribution is -2.12. The lowest BCUT2D eigenvalue weighted by Gasteiger charge is -2.05. The summed E-state index contributed by atoms with van der Waals surface area (Å²) in [4.78, 5) is 0. The van der Waals surface area contributed by atoms with Crippen molar-refractivity contribution in [1.82, 2.24) is 9.78 Å². The topological polar surface area (TPSA) is 17.8 Å². The first kappa shape index (κ1) is 11.1. The van der Waals surface area contributed by atoms with Crippen molar-refractivity contribution in [3.8, 4) is 0 Å². The zero-order valence-electron chi connectivity index (χ0n) is 8.17. The molecule has 0 aliphatic carbocycles. The zero-order valence-corrected chi connectivity index (χ0v) is 8.17. The van der Waals surface area contributed by atoms with Gasteiger partial charge in [-0.05, 0) is 12.0 Å². The van der Waals surface area contributed by atoms with Crippen LogP contribution >= 0.6 is 0 Å². The Bertz CT molecular complexity index is 288. The van der Waals surface area contributed by atoms with Crippen LogP contribution in [-0.4, -0.2) is 16.0 Å². The van der Waals surface area contributed by atoms with E-state index in [0.717, 1.165) is 5.69 Å². The number of aryl methyl sites for hydroxylation is 1. The average molecular weight is 206 g/mol. The van der Waals surface area contributed by atoms with E-state index in [1.165, 1.54) is 4.68 Å². The first-order valence-corrected chi connectivity index (χ1v) is 4.48. The molecule has 0 saturated heterocycles. The predicted molar refractivity (Wildman–Crippen MR) is 47.0 cm³/mol. The second-order valence-electron chi connectivity index (χ2n) is 3.52. The molecule has 0 aromatic carbocycles. The van der Waals surface area contributed by atoms with Crippen molar-refractivity contribution in [1.29, 1.82) is 0 Å². The highest BCUT2D eigenvalue weighted by atomic mass is 19.4. The molecule has 0 bridgehead atoms. The van der Waals surface area contributed by atoms with Crippen LogP contribution in [0.1, 0.15) is 31.9 Å². The summed E-state index contributed by atoms with van der Waals surface area (Å²) in [6, 6.07) is 1.75. The van der Waals surface area contributed by atoms with Gasteiger partial charge in [-0.2, -0.15) is 18.3 Å². The monoisotopic (exact) mass is 206 g/mol. The Labute approximate surface area is 80.7 Å². The van der Waals surface area contributed by atoms with Crippen LogP contribution in [0, 0.1) is 0 Å². The molecule has 2 nitrogen and oxygen atoms in total. The summed E-state index contributed by atoms with van der Waals surface area (Å²) in [7, 11) is 0. The number of rotatable bonds is 3. The standard InChI is InChI=1S/C9H13F3N2/c1-7(2)8-3-5-14(13-8)6-4-9(10,11)12/h3,5,7H,4,6H2,1-2H3. The van der Waals surface area contributed by atoms with E-state index in [4.69, 9.17) is 0 Å². The van der Waals surface area contributed by atoms with Crippen LogP contribution in [0.3, 0.4) is 0 Å². The highest BCUT2D eigenvalue weighted by Crippen LogP contribution is 2.20. The maximum atomic E-state index is 11.9. The van der Waals surface area contributed by atoms with Gasteiger partial charge in [0, 0.05) is 12.7 Å². The van der Waals surface area contributed by atoms with Gasteiger partial charge >= 0.3 is 6.18 Å². The highest BCUT2D eigenvalue weighted by molar-refractivity contribution is 5.03. The van der Waals surface area contributed by atoms with Gasteiger partial charge in [-0.1, -0.05) is 13.8 Å². The molecule has 1 aromatic heterocycles. The minimum absolute atomic E-state index is 0.101. The van der Waals surface area contributed by atoms with E-state index >= 15 is 0 Å². The van der Waals surface area contributed by atoms with E-state index in [1.54, 1.807) is 12.3 Å². The highest BCUT2D eigenvalue weighted by Gasteiger charge is 2.26. The van der Waals surface area contributed by atoms with E-state index in [-0.39, 0.29) is 12.5 Å². The van der Waals surface area contributed by atoms with Gasteiger partial charge in [-0.3, -0.25) is 4.68 Å². The third kappa shape index (κ3) is 3.40. The minimum atomic E-state index is -4.11. The molecule has 0 radical (unpaired) electrons. The predicted octanol–water partition coefficient (Wildman–Crippen LogP) is 2.96. The molecule has 5 heteroatoms. The fraction of sp³-hybridized carbons (Fsp3) is 0.667. The summed E-state index contributed by atoms with van der Waals surface area (Å²) in [5.74, 6) is 0.252. The van der Waals surface area contributed by atoms with Crippen LogP contribution < -0.4 is 0 Å². The molecule has 1 aromatic rings. The summed E-state index contributed by atoms with van der Waals surface area (Å²) >= 11 is 0. The van der Waals surface area contributed by atoms with Crippen molar-refractivity contribution in [3.05, 3.63) is 18.0 Å². The molecule has 0 aliphatic heterocycles. The van der Waals surface area contributed by atoms with Gasteiger partial charge in [0.1, 0.15) is 0 Å². The fourth-order valence-electron chi connectivity index (χ4n) is 1.05. The van der Waals surface area contributed by atoms with E-state index in [1.807, 2.05) is 13.8 Å². The Morgan fingerprint density at radius 3 is 2.50 bits per heavy atom. The molecule has 1 heterocycles. The van der Waals surface area contributed by atoms with E-state index in [9.17, 15) is 13.2 Å². The van der Waals surface area contributed by atoms with Gasteiger partial charge in [-0.15, -0.1) is 0 Å². The Kier molecular flexibility index (Phi) is 3.18. The zero-order chi connectivity index (χ0) is 10.8. The second-order valence-corrected chi connectivity index (χ2v) is 3.52. The second kappa shape index (κ2) is 4.02. The Hall–Kier alpha value is -1.00. The van der Waals surface area contributed by atoms with E-state index in [2.05, 4.69) is 5.10 Å². The van der Waals surface area contributed by atoms with Gasteiger partial charge < -0.3 is 0 Å². The SMILES string of the molecule is CC(C)c1ccn(CCC(F)(F)F)n1. The third-order valence-electron chi connectivity index (χ3n) is 1.88. The number of hydrogen-bond donors (Lipinski definition) is 0. The van der Waals surface area contributed by atoms with E-state index < -0.39 is 12.6 Å². The van der Waals surface area contributed by atoms with Crippen molar-refractivity contribution in [3.63, 3.8) is 0 Å². The molecule has 0 N–H and O–H groups in total. The fourth-order valence-corrected chi connectivity index (χ4v) is 1.05. The van der Waals surface area contributed by atoms with Gasteiger partial charge in [0.15, 0.2) is 0 Å². The summed E-state index contributed by atoms with van der Waals surface area (Å²) in [5.41, 5.74) is 0.826. The smallest absolute Gasteiger partial charge is 0.272 e. The van der Waals surface area contributed by atoms with Crippen molar-refractivity contribution in [2.45, 2.75) is 38.9 Å². The van der Waals surface area contributed by atoms with Crippen molar-refractivity contribution < 1.29 is 13.2 Å². The van der Waals surface area contributed by atoms with Gasteiger partial charge in [0.05, 0.1) is 12.1 Å². The molecular formula is C9H13F3N2. The number of nitrogens with zero attached hydrogens (tertiary/aromatic N) is 2. The van der Waals surface area contributed by atoms with Crippen molar-refractivity contribution in [2.24, 2.45) is 0 Å². The molecule has 0 atom stereocenters. The first-order chi connectivity index (χ1) is 6.38. The minimum Gasteiger partial charge on any atom is -0.272 e. The molecule has 0 amide bonds. The molecule has 0 aliphatic rings. The average Bonchev–Trinajstić information content (AvgIpc) is 2.47. The summed E-state index contributed by atoms with van der Waals surface area (Å²) in [6.07, 6.45) is -3.35. The Morgan fingerprint density at radius 1 is 1.43 bits per heavy atom. The normalized spacial score (nSPS) is 12.4. The van der Waals surface area contributed by atoms with Gasteiger partial charge in [0.25, 0.3) is 0 Å². The van der Waals surface area contributed by atoms with Crippen LogP contribution in [0.4, 0.5) is 13.2 Å². The Morgan fingerprint density at radius 2 is 2.07 bits per heavy atom. The summed E-state index contributed by atoms with van der Waals surface area (Å²) in [5, 5.41) is 4.03. The molecule has 0 fully saturated rings. The number of aromatic nitrogens is 2. The van der Waals surface area contributed by atoms with Gasteiger partial charge in [-0.25, -0.2) is 0 Å².